The molecule has 0 amide bonds. The van der Waals surface area contributed by atoms with Gasteiger partial charge < -0.3 is 84.6 Å². The summed E-state index contributed by atoms with van der Waals surface area (Å²) in [6.45, 7) is 7.68. The van der Waals surface area contributed by atoms with Crippen molar-refractivity contribution in [3.8, 4) is 0 Å². The van der Waals surface area contributed by atoms with Crippen LogP contribution >= 0.6 is 0 Å². The zero-order valence-electron chi connectivity index (χ0n) is 28.0. The monoisotopic (exact) mass is 710 g/mol. The molecule has 5 fully saturated rings. The lowest BCUT2D eigenvalue weighted by Crippen LogP contribution is -2.62. The summed E-state index contributed by atoms with van der Waals surface area (Å²) in [5.41, 5.74) is -2.77. The molecule has 284 valence electrons. The van der Waals surface area contributed by atoms with Crippen LogP contribution in [0, 0.1) is 17.3 Å². The molecular formula is C32H54O17. The molecule has 0 aromatic rings. The Morgan fingerprint density at radius 3 is 2.08 bits per heavy atom. The Morgan fingerprint density at radius 2 is 1.47 bits per heavy atom. The summed E-state index contributed by atoms with van der Waals surface area (Å²) >= 11 is 0. The standard InChI is InChI=1S/C32H54O17/c1-13-15-7-14(30(2,3)49-28-25(41)22(38)20(36)17(9-33)47-28)5-6-31(15,4)8-16(19(13)35)46-27-24(40)23(39)21(37)18(48-27)10-44-29-26(42)32(43,11-34)12-45-29/h14-29,33-43H,1,5-12H2,2-4H3/t14-,15+,16-,17-,18-,19-,20-,21-,22+,23+,24-,25-,26+,27-,28+,29-,31+,32-/m1/s1. The van der Waals surface area contributed by atoms with Crippen LogP contribution in [0.5, 0.6) is 0 Å². The van der Waals surface area contributed by atoms with Gasteiger partial charge in [-0.25, -0.2) is 0 Å². The van der Waals surface area contributed by atoms with Crippen molar-refractivity contribution in [3.05, 3.63) is 12.2 Å². The van der Waals surface area contributed by atoms with Crippen LogP contribution in [0.4, 0.5) is 0 Å². The van der Waals surface area contributed by atoms with Crippen LogP contribution in [0.3, 0.4) is 0 Å². The van der Waals surface area contributed by atoms with E-state index in [-0.39, 0.29) is 11.8 Å². The van der Waals surface area contributed by atoms with Gasteiger partial charge in [0.1, 0.15) is 66.6 Å². The van der Waals surface area contributed by atoms with Gasteiger partial charge in [-0.3, -0.25) is 0 Å². The highest BCUT2D eigenvalue weighted by Gasteiger charge is 2.55. The number of aliphatic hydroxyl groups excluding tert-OH is 10. The first kappa shape index (κ1) is 39.3. The van der Waals surface area contributed by atoms with Crippen molar-refractivity contribution in [1.82, 2.24) is 0 Å². The van der Waals surface area contributed by atoms with Crippen LogP contribution in [-0.2, 0) is 28.4 Å². The van der Waals surface area contributed by atoms with Crippen LogP contribution in [0.15, 0.2) is 12.2 Å². The largest absolute Gasteiger partial charge is 0.394 e. The first-order valence-corrected chi connectivity index (χ1v) is 16.8. The van der Waals surface area contributed by atoms with Crippen molar-refractivity contribution in [2.24, 2.45) is 17.3 Å². The molecule has 17 heteroatoms. The van der Waals surface area contributed by atoms with Gasteiger partial charge in [0.15, 0.2) is 18.9 Å². The summed E-state index contributed by atoms with van der Waals surface area (Å²) in [4.78, 5) is 0. The van der Waals surface area contributed by atoms with Crippen LogP contribution < -0.4 is 0 Å². The Hall–Kier alpha value is -0.940. The van der Waals surface area contributed by atoms with Crippen molar-refractivity contribution in [1.29, 1.82) is 0 Å². The fraction of sp³-hybridized carbons (Fsp3) is 0.938. The Balaban J connectivity index is 1.21. The minimum absolute atomic E-state index is 0.115. The molecule has 3 aliphatic heterocycles. The molecule has 3 saturated heterocycles. The van der Waals surface area contributed by atoms with Gasteiger partial charge in [0.2, 0.25) is 0 Å². The third-order valence-electron chi connectivity index (χ3n) is 11.5. The highest BCUT2D eigenvalue weighted by Crippen LogP contribution is 2.56. The molecule has 5 rings (SSSR count). The first-order chi connectivity index (χ1) is 22.9. The Kier molecular flexibility index (Phi) is 11.9. The molecular weight excluding hydrogens is 656 g/mol. The molecule has 2 saturated carbocycles. The average Bonchev–Trinajstić information content (AvgIpc) is 3.35. The van der Waals surface area contributed by atoms with Gasteiger partial charge in [-0.05, 0) is 62.4 Å². The van der Waals surface area contributed by atoms with Gasteiger partial charge in [0.05, 0.1) is 38.1 Å². The van der Waals surface area contributed by atoms with E-state index >= 15 is 0 Å². The van der Waals surface area contributed by atoms with Crippen molar-refractivity contribution in [2.75, 3.05) is 26.4 Å². The molecule has 0 unspecified atom stereocenters. The van der Waals surface area contributed by atoms with Crippen molar-refractivity contribution >= 4 is 0 Å². The van der Waals surface area contributed by atoms with Crippen molar-refractivity contribution in [2.45, 2.75) is 144 Å². The zero-order chi connectivity index (χ0) is 36.2. The fourth-order valence-electron chi connectivity index (χ4n) is 8.00. The molecule has 0 aromatic carbocycles. The lowest BCUT2D eigenvalue weighted by molar-refractivity contribution is -0.332. The van der Waals surface area contributed by atoms with Crippen LogP contribution in [0.2, 0.25) is 0 Å². The summed E-state index contributed by atoms with van der Waals surface area (Å²) in [6.07, 6.45) is -17.8. The van der Waals surface area contributed by atoms with Crippen LogP contribution in [0.25, 0.3) is 0 Å². The van der Waals surface area contributed by atoms with E-state index in [0.29, 0.717) is 31.3 Å². The molecule has 0 aromatic heterocycles. The number of rotatable bonds is 10. The van der Waals surface area contributed by atoms with Gasteiger partial charge >= 0.3 is 0 Å². The van der Waals surface area contributed by atoms with E-state index in [0.717, 1.165) is 0 Å². The molecule has 5 aliphatic rings. The predicted molar refractivity (Wildman–Crippen MR) is 163 cm³/mol. The molecule has 0 bridgehead atoms. The topological polar surface area (TPSA) is 278 Å². The zero-order valence-corrected chi connectivity index (χ0v) is 28.0. The maximum absolute atomic E-state index is 11.4. The smallest absolute Gasteiger partial charge is 0.187 e. The summed E-state index contributed by atoms with van der Waals surface area (Å²) in [5.74, 6) is -0.309. The number of aliphatic hydroxyl groups is 11. The highest BCUT2D eigenvalue weighted by atomic mass is 16.7. The lowest BCUT2D eigenvalue weighted by Gasteiger charge is -2.55. The summed E-state index contributed by atoms with van der Waals surface area (Å²) in [5, 5.41) is 114. The van der Waals surface area contributed by atoms with Crippen molar-refractivity contribution in [3.63, 3.8) is 0 Å². The van der Waals surface area contributed by atoms with E-state index in [9.17, 15) is 56.2 Å². The van der Waals surface area contributed by atoms with Gasteiger partial charge in [0, 0.05) is 0 Å². The quantitative estimate of drug-likeness (QED) is 0.0761. The van der Waals surface area contributed by atoms with Gasteiger partial charge in [-0.15, -0.1) is 0 Å². The Morgan fingerprint density at radius 1 is 0.857 bits per heavy atom. The summed E-state index contributed by atoms with van der Waals surface area (Å²) in [6, 6.07) is 0. The molecule has 17 nitrogen and oxygen atoms in total. The van der Waals surface area contributed by atoms with E-state index in [2.05, 4.69) is 6.58 Å². The Labute approximate surface area is 284 Å². The third kappa shape index (κ3) is 7.48. The normalized spacial score (nSPS) is 51.1. The molecule has 49 heavy (non-hydrogen) atoms. The summed E-state index contributed by atoms with van der Waals surface area (Å²) < 4.78 is 34.3. The average molecular weight is 711 g/mol. The first-order valence-electron chi connectivity index (χ1n) is 16.8. The van der Waals surface area contributed by atoms with Gasteiger partial charge in [-0.2, -0.15) is 0 Å². The predicted octanol–water partition coefficient (Wildman–Crippen LogP) is -4.03. The SMILES string of the molecule is C=C1[C@@H](O)[C@H](O[C@@H]2O[C@H](CO[C@@H]3OC[C@](O)(CO)[C@H]3O)[C@@H](O)[C@H](O)[C@H]2O)C[C@]2(C)CC[C@@H](C(C)(C)O[C@@H]3O[C@H](CO)[C@@H](O)[C@H](O)[C@H]3O)C[C@@H]12. The molecule has 11 N–H and O–H groups in total. The highest BCUT2D eigenvalue weighted by molar-refractivity contribution is 5.20. The minimum atomic E-state index is -1.93. The maximum atomic E-state index is 11.4. The molecule has 0 radical (unpaired) electrons. The summed E-state index contributed by atoms with van der Waals surface area (Å²) in [7, 11) is 0. The molecule has 3 heterocycles. The second-order valence-electron chi connectivity index (χ2n) is 15.2. The van der Waals surface area contributed by atoms with Crippen molar-refractivity contribution < 1.29 is 84.6 Å². The van der Waals surface area contributed by atoms with Gasteiger partial charge in [-0.1, -0.05) is 13.5 Å². The number of fused-ring (bicyclic) bond motifs is 1. The number of ether oxygens (including phenoxy) is 6. The minimum Gasteiger partial charge on any atom is -0.394 e. The third-order valence-corrected chi connectivity index (χ3v) is 11.5. The Bertz CT molecular complexity index is 1140. The van der Waals surface area contributed by atoms with E-state index < -0.39 is 129 Å². The van der Waals surface area contributed by atoms with Crippen LogP contribution in [-0.4, -0.2) is 180 Å². The second kappa shape index (κ2) is 14.8. The number of hydrogen-bond donors (Lipinski definition) is 11. The maximum Gasteiger partial charge on any atom is 0.187 e. The van der Waals surface area contributed by atoms with Gasteiger partial charge in [0.25, 0.3) is 0 Å². The fourth-order valence-corrected chi connectivity index (χ4v) is 8.00. The molecule has 0 spiro atoms. The number of hydrogen-bond acceptors (Lipinski definition) is 17. The second-order valence-corrected chi connectivity index (χ2v) is 15.2. The van der Waals surface area contributed by atoms with E-state index in [1.165, 1.54) is 0 Å². The molecule has 18 atom stereocenters. The molecule has 2 aliphatic carbocycles. The van der Waals surface area contributed by atoms with E-state index in [1.54, 1.807) is 0 Å². The van der Waals surface area contributed by atoms with E-state index in [4.69, 9.17) is 28.4 Å². The lowest BCUT2D eigenvalue weighted by atomic mass is 9.54. The van der Waals surface area contributed by atoms with Crippen LogP contribution in [0.1, 0.15) is 46.5 Å². The van der Waals surface area contributed by atoms with E-state index in [1.807, 2.05) is 20.8 Å².